The molecule has 0 spiro atoms. The number of amides is 1. The van der Waals surface area contributed by atoms with Gasteiger partial charge >= 0.3 is 0 Å². The molecule has 0 unspecified atom stereocenters. The number of carbonyl (C=O) groups is 1. The first-order valence-corrected chi connectivity index (χ1v) is 8.55. The molecule has 112 valence electrons. The predicted octanol–water partition coefficient (Wildman–Crippen LogP) is 4.22. The van der Waals surface area contributed by atoms with Crippen molar-refractivity contribution in [3.63, 3.8) is 0 Å². The number of carbonyl (C=O) groups excluding carboxylic acids is 1. The van der Waals surface area contributed by atoms with E-state index in [1.807, 2.05) is 24.3 Å². The van der Waals surface area contributed by atoms with Gasteiger partial charge in [0.1, 0.15) is 0 Å². The molecule has 0 radical (unpaired) electrons. The fraction of sp³-hybridized carbons (Fsp3) is 0.529. The van der Waals surface area contributed by atoms with Crippen LogP contribution in [0.4, 0.5) is 0 Å². The summed E-state index contributed by atoms with van der Waals surface area (Å²) in [4.78, 5) is 12.2. The zero-order chi connectivity index (χ0) is 15.3. The maximum Gasteiger partial charge on any atom is 0.271 e. The number of hydrogen-bond donors (Lipinski definition) is 1. The molecule has 21 heavy (non-hydrogen) atoms. The van der Waals surface area contributed by atoms with Gasteiger partial charge in [-0.25, -0.2) is 5.43 Å². The molecule has 1 amide bonds. The molecule has 2 aliphatic carbocycles. The Hall–Kier alpha value is -0.910. The molecule has 3 nitrogen and oxygen atoms in total. The highest BCUT2D eigenvalue weighted by Gasteiger charge is 2.59. The van der Waals surface area contributed by atoms with Crippen LogP contribution in [0, 0.1) is 20.3 Å². The van der Waals surface area contributed by atoms with E-state index in [-0.39, 0.29) is 11.3 Å². The molecule has 2 aliphatic rings. The van der Waals surface area contributed by atoms with Gasteiger partial charge in [-0.3, -0.25) is 4.79 Å². The summed E-state index contributed by atoms with van der Waals surface area (Å²) in [6.45, 7) is 6.99. The fourth-order valence-electron chi connectivity index (χ4n) is 3.91. The van der Waals surface area contributed by atoms with Gasteiger partial charge in [0.05, 0.1) is 0 Å². The highest BCUT2D eigenvalue weighted by molar-refractivity contribution is 14.1. The third-order valence-electron chi connectivity index (χ3n) is 5.89. The zero-order valence-electron chi connectivity index (χ0n) is 12.7. The van der Waals surface area contributed by atoms with Crippen molar-refractivity contribution in [2.75, 3.05) is 0 Å². The Kier molecular flexibility index (Phi) is 3.62. The normalized spacial score (nSPS) is 31.6. The second-order valence-corrected chi connectivity index (χ2v) is 8.25. The molecule has 1 aromatic carbocycles. The van der Waals surface area contributed by atoms with Gasteiger partial charge in [-0.1, -0.05) is 26.8 Å². The monoisotopic (exact) mass is 396 g/mol. The number of halogens is 1. The van der Waals surface area contributed by atoms with E-state index in [2.05, 4.69) is 53.9 Å². The standard InChI is InChI=1S/C17H21IN2O/c1-16(2)12-7-8-17(16,3)14(10-12)19-20-15(21)11-5-4-6-13(18)9-11/h4-6,9,12H,7-8,10H2,1-3H3,(H,20,21)/b19-14+/t12-,17-/m1/s1. The lowest BCUT2D eigenvalue weighted by Gasteiger charge is -2.34. The van der Waals surface area contributed by atoms with Crippen LogP contribution in [0.5, 0.6) is 0 Å². The SMILES string of the molecule is CC1(C)[C@@H]2CC[C@]1(C)/C(=N/NC(=O)c1cccc(I)c1)C2. The number of nitrogens with zero attached hydrogens (tertiary/aromatic N) is 1. The minimum absolute atomic E-state index is 0.120. The Morgan fingerprint density at radius 1 is 1.38 bits per heavy atom. The number of benzene rings is 1. The molecule has 2 saturated carbocycles. The molecule has 1 N–H and O–H groups in total. The van der Waals surface area contributed by atoms with Gasteiger partial charge in [0.25, 0.3) is 5.91 Å². The number of hydrogen-bond acceptors (Lipinski definition) is 2. The van der Waals surface area contributed by atoms with Crippen LogP contribution in [0.1, 0.15) is 50.4 Å². The van der Waals surface area contributed by atoms with Crippen LogP contribution in [-0.4, -0.2) is 11.6 Å². The summed E-state index contributed by atoms with van der Waals surface area (Å²) < 4.78 is 1.06. The van der Waals surface area contributed by atoms with E-state index in [1.54, 1.807) is 0 Å². The van der Waals surface area contributed by atoms with Crippen LogP contribution in [0.3, 0.4) is 0 Å². The molecule has 2 bridgehead atoms. The Morgan fingerprint density at radius 3 is 2.71 bits per heavy atom. The summed E-state index contributed by atoms with van der Waals surface area (Å²) >= 11 is 2.21. The van der Waals surface area contributed by atoms with E-state index in [4.69, 9.17) is 0 Å². The first-order chi connectivity index (χ1) is 9.84. The van der Waals surface area contributed by atoms with Gasteiger partial charge in [-0.05, 0) is 71.4 Å². The number of rotatable bonds is 2. The van der Waals surface area contributed by atoms with Crippen LogP contribution in [-0.2, 0) is 0 Å². The van der Waals surface area contributed by atoms with Crippen LogP contribution in [0.2, 0.25) is 0 Å². The van der Waals surface area contributed by atoms with Crippen molar-refractivity contribution in [1.82, 2.24) is 5.43 Å². The third kappa shape index (κ3) is 2.31. The summed E-state index contributed by atoms with van der Waals surface area (Å²) in [6, 6.07) is 7.57. The Balaban J connectivity index is 1.77. The van der Waals surface area contributed by atoms with E-state index in [0.29, 0.717) is 16.9 Å². The van der Waals surface area contributed by atoms with E-state index < -0.39 is 0 Å². The summed E-state index contributed by atoms with van der Waals surface area (Å²) in [5.74, 6) is 0.584. The molecule has 2 atom stereocenters. The van der Waals surface area contributed by atoms with Crippen molar-refractivity contribution in [3.8, 4) is 0 Å². The zero-order valence-corrected chi connectivity index (χ0v) is 14.9. The van der Waals surface area contributed by atoms with Crippen molar-refractivity contribution in [3.05, 3.63) is 33.4 Å². The maximum absolute atomic E-state index is 12.2. The largest absolute Gasteiger partial charge is 0.271 e. The second-order valence-electron chi connectivity index (χ2n) is 7.00. The highest BCUT2D eigenvalue weighted by Crippen LogP contribution is 2.63. The molecule has 3 rings (SSSR count). The fourth-order valence-corrected chi connectivity index (χ4v) is 4.45. The molecular formula is C17H21IN2O. The van der Waals surface area contributed by atoms with Crippen molar-refractivity contribution in [2.24, 2.45) is 21.8 Å². The van der Waals surface area contributed by atoms with Crippen LogP contribution < -0.4 is 5.43 Å². The van der Waals surface area contributed by atoms with E-state index >= 15 is 0 Å². The minimum Gasteiger partial charge on any atom is -0.267 e. The molecule has 0 heterocycles. The smallest absolute Gasteiger partial charge is 0.267 e. The lowest BCUT2D eigenvalue weighted by molar-refractivity contribution is 0.0954. The summed E-state index contributed by atoms with van der Waals surface area (Å²) in [7, 11) is 0. The van der Waals surface area contributed by atoms with Gasteiger partial charge in [0.15, 0.2) is 0 Å². The van der Waals surface area contributed by atoms with Gasteiger partial charge in [0.2, 0.25) is 0 Å². The highest BCUT2D eigenvalue weighted by atomic mass is 127. The van der Waals surface area contributed by atoms with Gasteiger partial charge in [-0.15, -0.1) is 0 Å². The third-order valence-corrected chi connectivity index (χ3v) is 6.56. The second kappa shape index (κ2) is 5.07. The van der Waals surface area contributed by atoms with Gasteiger partial charge < -0.3 is 0 Å². The van der Waals surface area contributed by atoms with Crippen LogP contribution in [0.15, 0.2) is 29.4 Å². The molecule has 1 aromatic rings. The minimum atomic E-state index is -0.120. The van der Waals surface area contributed by atoms with Gasteiger partial charge in [0, 0.05) is 20.3 Å². The first kappa shape index (κ1) is 15.0. The van der Waals surface area contributed by atoms with Crippen molar-refractivity contribution in [2.45, 2.75) is 40.0 Å². The predicted molar refractivity (Wildman–Crippen MR) is 93.3 cm³/mol. The molecule has 0 aliphatic heterocycles. The summed E-state index contributed by atoms with van der Waals surface area (Å²) in [5, 5.41) is 4.49. The molecule has 2 fully saturated rings. The number of hydrazone groups is 1. The molecule has 0 aromatic heterocycles. The molecule has 4 heteroatoms. The molecule has 0 saturated heterocycles. The van der Waals surface area contributed by atoms with E-state index in [1.165, 1.54) is 18.6 Å². The summed E-state index contributed by atoms with van der Waals surface area (Å²) in [6.07, 6.45) is 3.49. The maximum atomic E-state index is 12.2. The Labute approximate surface area is 139 Å². The van der Waals surface area contributed by atoms with E-state index in [9.17, 15) is 4.79 Å². The average molecular weight is 396 g/mol. The lowest BCUT2D eigenvalue weighted by atomic mass is 9.70. The number of fused-ring (bicyclic) bond motifs is 2. The van der Waals surface area contributed by atoms with Crippen molar-refractivity contribution >= 4 is 34.2 Å². The quantitative estimate of drug-likeness (QED) is 0.590. The van der Waals surface area contributed by atoms with Crippen LogP contribution in [0.25, 0.3) is 0 Å². The molecular weight excluding hydrogens is 375 g/mol. The van der Waals surface area contributed by atoms with Gasteiger partial charge in [-0.2, -0.15) is 5.10 Å². The first-order valence-electron chi connectivity index (χ1n) is 7.47. The van der Waals surface area contributed by atoms with Crippen LogP contribution >= 0.6 is 22.6 Å². The average Bonchev–Trinajstić information content (AvgIpc) is 2.77. The van der Waals surface area contributed by atoms with Crippen molar-refractivity contribution in [1.29, 1.82) is 0 Å². The topological polar surface area (TPSA) is 41.5 Å². The summed E-state index contributed by atoms with van der Waals surface area (Å²) in [5.41, 5.74) is 5.02. The Bertz CT molecular complexity index is 623. The lowest BCUT2D eigenvalue weighted by Crippen LogP contribution is -2.34. The van der Waals surface area contributed by atoms with Crippen molar-refractivity contribution < 1.29 is 4.79 Å². The Morgan fingerprint density at radius 2 is 2.14 bits per heavy atom. The number of nitrogens with one attached hydrogen (secondary N) is 1. The van der Waals surface area contributed by atoms with E-state index in [0.717, 1.165) is 9.99 Å².